The number of amidine groups is 1. The van der Waals surface area contributed by atoms with E-state index in [1.165, 1.54) is 0 Å². The molecule has 3 N–H and O–H groups in total. The fourth-order valence-electron chi connectivity index (χ4n) is 1.86. The first kappa shape index (κ1) is 14.1. The molecule has 0 spiro atoms. The topological polar surface area (TPSA) is 74.7 Å². The summed E-state index contributed by atoms with van der Waals surface area (Å²) in [5, 5.41) is 12.1. The number of benzene rings is 1. The number of nitrogens with two attached hydrogens (primary N) is 1. The molecule has 0 aliphatic carbocycles. The third-order valence-corrected chi connectivity index (χ3v) is 3.23. The van der Waals surface area contributed by atoms with E-state index >= 15 is 0 Å². The molecule has 0 atom stereocenters. The van der Waals surface area contributed by atoms with Gasteiger partial charge in [0.25, 0.3) is 0 Å². The Balaban J connectivity index is 2.19. The molecule has 6 heteroatoms. The third-order valence-electron chi connectivity index (χ3n) is 2.92. The molecule has 0 unspecified atom stereocenters. The van der Waals surface area contributed by atoms with Gasteiger partial charge in [0.1, 0.15) is 0 Å². The first-order valence-electron chi connectivity index (χ1n) is 5.99. The molecule has 0 aliphatic heterocycles. The molecule has 0 saturated carbocycles. The maximum Gasteiger partial charge on any atom is 0.171 e. The maximum atomic E-state index is 8.67. The van der Waals surface area contributed by atoms with Crippen LogP contribution in [0.4, 0.5) is 5.69 Å². The number of pyridine rings is 1. The van der Waals surface area contributed by atoms with E-state index in [9.17, 15) is 0 Å². The quantitative estimate of drug-likeness (QED) is 0.393. The van der Waals surface area contributed by atoms with E-state index in [4.69, 9.17) is 22.5 Å². The molecule has 2 aromatic rings. The molecule has 1 aromatic carbocycles. The SMILES string of the molecule is CN(Cc1cccnc1)c1ccc(C(N)=NO)c(Cl)c1. The summed E-state index contributed by atoms with van der Waals surface area (Å²) in [6.07, 6.45) is 3.56. The van der Waals surface area contributed by atoms with Crippen molar-refractivity contribution >= 4 is 23.1 Å². The van der Waals surface area contributed by atoms with Gasteiger partial charge in [-0.2, -0.15) is 0 Å². The van der Waals surface area contributed by atoms with Crippen molar-refractivity contribution in [3.63, 3.8) is 0 Å². The molecule has 2 rings (SSSR count). The Morgan fingerprint density at radius 1 is 1.45 bits per heavy atom. The van der Waals surface area contributed by atoms with Crippen LogP contribution in [0, 0.1) is 0 Å². The van der Waals surface area contributed by atoms with Crippen molar-refractivity contribution < 1.29 is 5.21 Å². The fourth-order valence-corrected chi connectivity index (χ4v) is 2.13. The molecular formula is C14H15ClN4O. The molecule has 1 aromatic heterocycles. The standard InChI is InChI=1S/C14H15ClN4O/c1-19(9-10-3-2-6-17-8-10)11-4-5-12(13(15)7-11)14(16)18-20/h2-8,20H,9H2,1H3,(H2,16,18). The summed E-state index contributed by atoms with van der Waals surface area (Å²) in [6, 6.07) is 9.29. The van der Waals surface area contributed by atoms with Crippen LogP contribution in [0.1, 0.15) is 11.1 Å². The monoisotopic (exact) mass is 290 g/mol. The molecule has 104 valence electrons. The average Bonchev–Trinajstić information content (AvgIpc) is 2.47. The van der Waals surface area contributed by atoms with Crippen LogP contribution in [-0.4, -0.2) is 23.1 Å². The molecule has 0 fully saturated rings. The van der Waals surface area contributed by atoms with E-state index in [2.05, 4.69) is 10.1 Å². The van der Waals surface area contributed by atoms with Crippen molar-refractivity contribution in [1.29, 1.82) is 0 Å². The van der Waals surface area contributed by atoms with Gasteiger partial charge >= 0.3 is 0 Å². The van der Waals surface area contributed by atoms with Gasteiger partial charge in [-0.1, -0.05) is 22.8 Å². The second kappa shape index (κ2) is 6.25. The van der Waals surface area contributed by atoms with Crippen molar-refractivity contribution in [3.05, 3.63) is 58.9 Å². The van der Waals surface area contributed by atoms with Crippen LogP contribution in [0.2, 0.25) is 5.02 Å². The van der Waals surface area contributed by atoms with E-state index in [1.54, 1.807) is 18.3 Å². The van der Waals surface area contributed by atoms with Crippen LogP contribution in [0.15, 0.2) is 47.9 Å². The summed E-state index contributed by atoms with van der Waals surface area (Å²) < 4.78 is 0. The Morgan fingerprint density at radius 3 is 2.85 bits per heavy atom. The van der Waals surface area contributed by atoms with Crippen molar-refractivity contribution in [2.75, 3.05) is 11.9 Å². The number of hydrogen-bond donors (Lipinski definition) is 2. The van der Waals surface area contributed by atoms with Crippen molar-refractivity contribution in [1.82, 2.24) is 4.98 Å². The minimum Gasteiger partial charge on any atom is -0.409 e. The Hall–Kier alpha value is -2.27. The molecule has 5 nitrogen and oxygen atoms in total. The number of rotatable bonds is 4. The van der Waals surface area contributed by atoms with Gasteiger partial charge in [-0.25, -0.2) is 0 Å². The number of hydrogen-bond acceptors (Lipinski definition) is 4. The molecule has 0 amide bonds. The molecular weight excluding hydrogens is 276 g/mol. The van der Waals surface area contributed by atoms with Crippen molar-refractivity contribution in [2.24, 2.45) is 10.9 Å². The summed E-state index contributed by atoms with van der Waals surface area (Å²) in [5.41, 5.74) is 8.09. The Bertz CT molecular complexity index is 616. The lowest BCUT2D eigenvalue weighted by atomic mass is 10.1. The van der Waals surface area contributed by atoms with Gasteiger partial charge in [0.05, 0.1) is 5.02 Å². The van der Waals surface area contributed by atoms with Gasteiger partial charge in [0.2, 0.25) is 0 Å². The predicted molar refractivity (Wildman–Crippen MR) is 80.3 cm³/mol. The number of aromatic nitrogens is 1. The van der Waals surface area contributed by atoms with Crippen LogP contribution in [-0.2, 0) is 6.54 Å². The number of oxime groups is 1. The number of halogens is 1. The van der Waals surface area contributed by atoms with E-state index < -0.39 is 0 Å². The average molecular weight is 291 g/mol. The molecule has 1 heterocycles. The highest BCUT2D eigenvalue weighted by molar-refractivity contribution is 6.34. The Kier molecular flexibility index (Phi) is 4.42. The van der Waals surface area contributed by atoms with Crippen LogP contribution >= 0.6 is 11.6 Å². The van der Waals surface area contributed by atoms with Gasteiger partial charge in [0, 0.05) is 37.2 Å². The molecule has 0 saturated heterocycles. The minimum atomic E-state index is -0.00328. The normalized spacial score (nSPS) is 11.4. The predicted octanol–water partition coefficient (Wildman–Crippen LogP) is 2.47. The molecule has 0 aliphatic rings. The van der Waals surface area contributed by atoms with Crippen molar-refractivity contribution in [2.45, 2.75) is 6.54 Å². The highest BCUT2D eigenvalue weighted by atomic mass is 35.5. The molecule has 0 bridgehead atoms. The summed E-state index contributed by atoms with van der Waals surface area (Å²) in [7, 11) is 1.96. The van der Waals surface area contributed by atoms with Gasteiger partial charge < -0.3 is 15.8 Å². The van der Waals surface area contributed by atoms with Crippen LogP contribution in [0.3, 0.4) is 0 Å². The smallest absolute Gasteiger partial charge is 0.171 e. The molecule has 20 heavy (non-hydrogen) atoms. The first-order chi connectivity index (χ1) is 9.61. The zero-order valence-electron chi connectivity index (χ0n) is 11.0. The summed E-state index contributed by atoms with van der Waals surface area (Å²) >= 11 is 6.14. The van der Waals surface area contributed by atoms with Crippen LogP contribution in [0.25, 0.3) is 0 Å². The zero-order chi connectivity index (χ0) is 14.5. The lowest BCUT2D eigenvalue weighted by molar-refractivity contribution is 0.318. The lowest BCUT2D eigenvalue weighted by Gasteiger charge is -2.20. The van der Waals surface area contributed by atoms with E-state index in [0.29, 0.717) is 17.1 Å². The van der Waals surface area contributed by atoms with Crippen LogP contribution < -0.4 is 10.6 Å². The molecule has 0 radical (unpaired) electrons. The lowest BCUT2D eigenvalue weighted by Crippen LogP contribution is -2.18. The van der Waals surface area contributed by atoms with Gasteiger partial charge in [-0.15, -0.1) is 0 Å². The van der Waals surface area contributed by atoms with E-state index in [-0.39, 0.29) is 5.84 Å². The highest BCUT2D eigenvalue weighted by Crippen LogP contribution is 2.24. The third kappa shape index (κ3) is 3.19. The Labute approximate surface area is 122 Å². The van der Waals surface area contributed by atoms with Gasteiger partial charge in [-0.3, -0.25) is 4.98 Å². The number of anilines is 1. The van der Waals surface area contributed by atoms with Crippen LogP contribution in [0.5, 0.6) is 0 Å². The number of nitrogens with zero attached hydrogens (tertiary/aromatic N) is 3. The van der Waals surface area contributed by atoms with Crippen molar-refractivity contribution in [3.8, 4) is 0 Å². The van der Waals surface area contributed by atoms with E-state index in [1.807, 2.05) is 36.3 Å². The minimum absolute atomic E-state index is 0.00328. The van der Waals surface area contributed by atoms with Gasteiger partial charge in [0.15, 0.2) is 5.84 Å². The summed E-state index contributed by atoms with van der Waals surface area (Å²) in [6.45, 7) is 0.715. The van der Waals surface area contributed by atoms with E-state index in [0.717, 1.165) is 11.3 Å². The van der Waals surface area contributed by atoms with Gasteiger partial charge in [-0.05, 0) is 29.8 Å². The first-order valence-corrected chi connectivity index (χ1v) is 6.37. The fraction of sp³-hybridized carbons (Fsp3) is 0.143. The summed E-state index contributed by atoms with van der Waals surface area (Å²) in [5.74, 6) is -0.00328. The zero-order valence-corrected chi connectivity index (χ0v) is 11.7. The second-order valence-corrected chi connectivity index (χ2v) is 4.77. The Morgan fingerprint density at radius 2 is 2.25 bits per heavy atom. The second-order valence-electron chi connectivity index (χ2n) is 4.37. The largest absolute Gasteiger partial charge is 0.409 e. The summed E-state index contributed by atoms with van der Waals surface area (Å²) in [4.78, 5) is 6.13. The highest BCUT2D eigenvalue weighted by Gasteiger charge is 2.09. The maximum absolute atomic E-state index is 8.67.